The van der Waals surface area contributed by atoms with Crippen molar-refractivity contribution in [2.45, 2.75) is 39.7 Å². The van der Waals surface area contributed by atoms with Crippen LogP contribution >= 0.6 is 0 Å². The SMILES string of the molecule is Cc1cccc(N2CCN(CCC(=O)NC(C)Cc3cc(C)[nH]n3)CC2)c1. The fourth-order valence-corrected chi connectivity index (χ4v) is 3.60. The summed E-state index contributed by atoms with van der Waals surface area (Å²) in [5.41, 5.74) is 4.64. The topological polar surface area (TPSA) is 64.3 Å². The van der Waals surface area contributed by atoms with E-state index in [2.05, 4.69) is 56.5 Å². The third-order valence-electron chi connectivity index (χ3n) is 5.08. The maximum Gasteiger partial charge on any atom is 0.221 e. The van der Waals surface area contributed by atoms with Gasteiger partial charge in [-0.25, -0.2) is 0 Å². The summed E-state index contributed by atoms with van der Waals surface area (Å²) in [6, 6.07) is 10.8. The Morgan fingerprint density at radius 2 is 2.00 bits per heavy atom. The van der Waals surface area contributed by atoms with Gasteiger partial charge in [0.2, 0.25) is 5.91 Å². The number of hydrogen-bond donors (Lipinski definition) is 2. The number of carbonyl (C=O) groups is 1. The van der Waals surface area contributed by atoms with Gasteiger partial charge >= 0.3 is 0 Å². The number of H-pyrrole nitrogens is 1. The summed E-state index contributed by atoms with van der Waals surface area (Å²) in [6.45, 7) is 11.0. The van der Waals surface area contributed by atoms with Crippen LogP contribution in [0.1, 0.15) is 30.3 Å². The van der Waals surface area contributed by atoms with E-state index in [0.29, 0.717) is 6.42 Å². The molecule has 1 aliphatic rings. The van der Waals surface area contributed by atoms with Gasteiger partial charge < -0.3 is 10.2 Å². The van der Waals surface area contributed by atoms with Crippen LogP contribution in [0.3, 0.4) is 0 Å². The van der Waals surface area contributed by atoms with E-state index in [-0.39, 0.29) is 11.9 Å². The van der Waals surface area contributed by atoms with Crippen LogP contribution in [0, 0.1) is 13.8 Å². The molecule has 27 heavy (non-hydrogen) atoms. The van der Waals surface area contributed by atoms with Gasteiger partial charge in [0.25, 0.3) is 0 Å². The highest BCUT2D eigenvalue weighted by Gasteiger charge is 2.18. The van der Waals surface area contributed by atoms with E-state index in [0.717, 1.165) is 50.5 Å². The van der Waals surface area contributed by atoms with E-state index < -0.39 is 0 Å². The molecule has 6 nitrogen and oxygen atoms in total. The Hall–Kier alpha value is -2.34. The molecule has 2 N–H and O–H groups in total. The lowest BCUT2D eigenvalue weighted by molar-refractivity contribution is -0.122. The first-order chi connectivity index (χ1) is 13.0. The Morgan fingerprint density at radius 3 is 2.67 bits per heavy atom. The first-order valence-corrected chi connectivity index (χ1v) is 9.84. The highest BCUT2D eigenvalue weighted by molar-refractivity contribution is 5.76. The van der Waals surface area contributed by atoms with Crippen LogP contribution in [0.2, 0.25) is 0 Å². The van der Waals surface area contributed by atoms with Gasteiger partial charge in [0.05, 0.1) is 5.69 Å². The molecule has 1 atom stereocenters. The van der Waals surface area contributed by atoms with E-state index in [1.165, 1.54) is 11.3 Å². The normalized spacial score (nSPS) is 16.3. The van der Waals surface area contributed by atoms with E-state index >= 15 is 0 Å². The highest BCUT2D eigenvalue weighted by atomic mass is 16.1. The standard InChI is InChI=1S/C21H31N5O/c1-16-5-4-6-20(13-16)26-11-9-25(10-12-26)8-7-21(27)22-17(2)14-19-15-18(3)23-24-19/h4-6,13,15,17H,7-12,14H2,1-3H3,(H,22,27)(H,23,24). The smallest absolute Gasteiger partial charge is 0.221 e. The zero-order chi connectivity index (χ0) is 19.2. The molecule has 1 fully saturated rings. The zero-order valence-corrected chi connectivity index (χ0v) is 16.7. The van der Waals surface area contributed by atoms with Crippen molar-refractivity contribution in [2.24, 2.45) is 0 Å². The van der Waals surface area contributed by atoms with Crippen molar-refractivity contribution < 1.29 is 4.79 Å². The fraction of sp³-hybridized carbons (Fsp3) is 0.524. The molecule has 3 rings (SSSR count). The number of nitrogens with zero attached hydrogens (tertiary/aromatic N) is 3. The van der Waals surface area contributed by atoms with Crippen molar-refractivity contribution in [2.75, 3.05) is 37.6 Å². The maximum absolute atomic E-state index is 12.2. The Kier molecular flexibility index (Phi) is 6.50. The maximum atomic E-state index is 12.2. The summed E-state index contributed by atoms with van der Waals surface area (Å²) in [4.78, 5) is 17.0. The van der Waals surface area contributed by atoms with E-state index in [9.17, 15) is 4.79 Å². The molecule has 146 valence electrons. The number of aryl methyl sites for hydroxylation is 2. The predicted octanol–water partition coefficient (Wildman–Crippen LogP) is 2.29. The molecular weight excluding hydrogens is 338 g/mol. The number of aromatic amines is 1. The average molecular weight is 370 g/mol. The van der Waals surface area contributed by atoms with Crippen molar-refractivity contribution >= 4 is 11.6 Å². The molecule has 1 aliphatic heterocycles. The lowest BCUT2D eigenvalue weighted by Crippen LogP contribution is -2.47. The molecule has 1 saturated heterocycles. The molecule has 2 aromatic rings. The van der Waals surface area contributed by atoms with Crippen LogP contribution in [0.25, 0.3) is 0 Å². The summed E-state index contributed by atoms with van der Waals surface area (Å²) in [6.07, 6.45) is 1.31. The monoisotopic (exact) mass is 369 g/mol. The van der Waals surface area contributed by atoms with Crippen molar-refractivity contribution in [3.8, 4) is 0 Å². The summed E-state index contributed by atoms with van der Waals surface area (Å²) >= 11 is 0. The number of benzene rings is 1. The number of rotatable bonds is 7. The fourth-order valence-electron chi connectivity index (χ4n) is 3.60. The summed E-state index contributed by atoms with van der Waals surface area (Å²) in [5.74, 6) is 0.121. The number of hydrogen-bond acceptors (Lipinski definition) is 4. The van der Waals surface area contributed by atoms with Crippen LogP contribution in [0.4, 0.5) is 5.69 Å². The Morgan fingerprint density at radius 1 is 1.22 bits per heavy atom. The molecule has 1 amide bonds. The molecule has 0 saturated carbocycles. The van der Waals surface area contributed by atoms with Gasteiger partial charge in [-0.15, -0.1) is 0 Å². The van der Waals surface area contributed by atoms with Crippen LogP contribution in [0.15, 0.2) is 30.3 Å². The molecule has 0 spiro atoms. The van der Waals surface area contributed by atoms with Crippen molar-refractivity contribution in [3.63, 3.8) is 0 Å². The van der Waals surface area contributed by atoms with Crippen LogP contribution in [0.5, 0.6) is 0 Å². The Labute approximate surface area is 161 Å². The summed E-state index contributed by atoms with van der Waals surface area (Å²) in [7, 11) is 0. The zero-order valence-electron chi connectivity index (χ0n) is 16.7. The van der Waals surface area contributed by atoms with E-state index in [1.807, 2.05) is 19.9 Å². The molecule has 1 unspecified atom stereocenters. The van der Waals surface area contributed by atoms with Crippen molar-refractivity contribution in [1.82, 2.24) is 20.4 Å². The second-order valence-corrected chi connectivity index (χ2v) is 7.63. The van der Waals surface area contributed by atoms with Crippen molar-refractivity contribution in [1.29, 1.82) is 0 Å². The molecule has 6 heteroatoms. The van der Waals surface area contributed by atoms with Gasteiger partial charge in [0, 0.05) is 63.0 Å². The third-order valence-corrected chi connectivity index (χ3v) is 5.08. The van der Waals surface area contributed by atoms with Crippen molar-refractivity contribution in [3.05, 3.63) is 47.3 Å². The number of carbonyl (C=O) groups excluding carboxylic acids is 1. The molecule has 0 bridgehead atoms. The van der Waals surface area contributed by atoms with E-state index in [1.54, 1.807) is 0 Å². The third kappa shape index (κ3) is 5.82. The molecule has 0 radical (unpaired) electrons. The van der Waals surface area contributed by atoms with Gasteiger partial charge in [-0.05, 0) is 44.5 Å². The van der Waals surface area contributed by atoms with Gasteiger partial charge in [0.15, 0.2) is 0 Å². The van der Waals surface area contributed by atoms with E-state index in [4.69, 9.17) is 0 Å². The first-order valence-electron chi connectivity index (χ1n) is 9.84. The van der Waals surface area contributed by atoms with Gasteiger partial charge in [0.1, 0.15) is 0 Å². The number of nitrogens with one attached hydrogen (secondary N) is 2. The lowest BCUT2D eigenvalue weighted by atomic mass is 10.1. The summed E-state index contributed by atoms with van der Waals surface area (Å²) < 4.78 is 0. The first kappa shape index (κ1) is 19.4. The van der Waals surface area contributed by atoms with Crippen LogP contribution in [-0.4, -0.2) is 59.8 Å². The summed E-state index contributed by atoms with van der Waals surface area (Å²) in [5, 5.41) is 10.3. The van der Waals surface area contributed by atoms with Crippen LogP contribution < -0.4 is 10.2 Å². The minimum Gasteiger partial charge on any atom is -0.369 e. The highest BCUT2D eigenvalue weighted by Crippen LogP contribution is 2.17. The number of piperazine rings is 1. The quantitative estimate of drug-likeness (QED) is 0.786. The molecule has 0 aliphatic carbocycles. The largest absolute Gasteiger partial charge is 0.369 e. The molecule has 1 aromatic heterocycles. The second kappa shape index (κ2) is 9.04. The number of amides is 1. The minimum absolute atomic E-state index is 0.0957. The number of aromatic nitrogens is 2. The Bertz CT molecular complexity index is 749. The van der Waals surface area contributed by atoms with Gasteiger partial charge in [-0.3, -0.25) is 14.8 Å². The number of anilines is 1. The van der Waals surface area contributed by atoms with Gasteiger partial charge in [-0.2, -0.15) is 5.10 Å². The average Bonchev–Trinajstić information content (AvgIpc) is 3.05. The molecular formula is C21H31N5O. The molecule has 2 heterocycles. The second-order valence-electron chi connectivity index (χ2n) is 7.63. The molecule has 1 aromatic carbocycles. The Balaban J connectivity index is 1.36. The van der Waals surface area contributed by atoms with Crippen LogP contribution in [-0.2, 0) is 11.2 Å². The minimum atomic E-state index is 0.0957. The van der Waals surface area contributed by atoms with Gasteiger partial charge in [-0.1, -0.05) is 12.1 Å². The lowest BCUT2D eigenvalue weighted by Gasteiger charge is -2.36. The predicted molar refractivity (Wildman–Crippen MR) is 109 cm³/mol.